The second-order valence-corrected chi connectivity index (χ2v) is 3.36. The number of nitrogens with zero attached hydrogens (tertiary/aromatic N) is 3. The van der Waals surface area contributed by atoms with E-state index in [4.69, 9.17) is 5.11 Å². The molecule has 6 nitrogen and oxygen atoms in total. The van der Waals surface area contributed by atoms with Gasteiger partial charge in [0.1, 0.15) is 6.20 Å². The lowest BCUT2D eigenvalue weighted by molar-refractivity contribution is -0.389. The normalized spacial score (nSPS) is 10.5. The monoisotopic (exact) mass is 213 g/mol. The third-order valence-corrected chi connectivity index (χ3v) is 2.13. The molecule has 0 aromatic carbocycles. The van der Waals surface area contributed by atoms with Gasteiger partial charge in [-0.3, -0.25) is 0 Å². The van der Waals surface area contributed by atoms with Crippen molar-refractivity contribution < 1.29 is 10.0 Å². The summed E-state index contributed by atoms with van der Waals surface area (Å²) in [5, 5.41) is 18.9. The number of nitro groups is 1. The fourth-order valence-corrected chi connectivity index (χ4v) is 1.32. The topological polar surface area (TPSA) is 81.2 Å². The number of aliphatic hydroxyl groups excluding tert-OH is 1. The predicted octanol–water partition coefficient (Wildman–Crippen LogP) is 1.34. The summed E-state index contributed by atoms with van der Waals surface area (Å²) in [6.07, 6.45) is 6.70. The van der Waals surface area contributed by atoms with E-state index in [1.165, 1.54) is 12.5 Å². The fraction of sp³-hybridized carbons (Fsp3) is 0.667. The molecule has 0 saturated carbocycles. The van der Waals surface area contributed by atoms with Crippen LogP contribution >= 0.6 is 0 Å². The fourth-order valence-electron chi connectivity index (χ4n) is 1.32. The molecule has 0 amide bonds. The van der Waals surface area contributed by atoms with E-state index in [2.05, 4.69) is 4.98 Å². The molecule has 0 aliphatic heterocycles. The van der Waals surface area contributed by atoms with Crippen LogP contribution in [0.1, 0.15) is 25.7 Å². The molecule has 15 heavy (non-hydrogen) atoms. The molecule has 1 aromatic rings. The molecule has 84 valence electrons. The minimum Gasteiger partial charge on any atom is -0.396 e. The van der Waals surface area contributed by atoms with Crippen LogP contribution in [0, 0.1) is 10.1 Å². The summed E-state index contributed by atoms with van der Waals surface area (Å²) in [7, 11) is 0. The van der Waals surface area contributed by atoms with Crippen molar-refractivity contribution >= 4 is 5.82 Å². The highest BCUT2D eigenvalue weighted by molar-refractivity contribution is 5.12. The minimum atomic E-state index is -0.498. The number of rotatable bonds is 7. The molecule has 0 aliphatic rings. The van der Waals surface area contributed by atoms with Gasteiger partial charge in [0, 0.05) is 13.2 Å². The molecule has 6 heteroatoms. The SMILES string of the molecule is O=[N+]([O-])c1cn(CCCCCCO)cn1. The first kappa shape index (κ1) is 11.6. The average molecular weight is 213 g/mol. The van der Waals surface area contributed by atoms with Crippen LogP contribution in [0.3, 0.4) is 0 Å². The van der Waals surface area contributed by atoms with E-state index in [1.807, 2.05) is 0 Å². The standard InChI is InChI=1S/C9H15N3O3/c13-6-4-2-1-3-5-11-7-9(10-8-11)12(14)15/h7-8,13H,1-6H2. The summed E-state index contributed by atoms with van der Waals surface area (Å²) in [4.78, 5) is 13.5. The van der Waals surface area contributed by atoms with Gasteiger partial charge in [-0.2, -0.15) is 0 Å². The van der Waals surface area contributed by atoms with Crippen molar-refractivity contribution in [1.29, 1.82) is 0 Å². The number of aryl methyl sites for hydroxylation is 1. The molecule has 1 N–H and O–H groups in total. The van der Waals surface area contributed by atoms with Gasteiger partial charge in [-0.15, -0.1) is 0 Å². The highest BCUT2D eigenvalue weighted by Gasteiger charge is 2.08. The van der Waals surface area contributed by atoms with E-state index in [9.17, 15) is 10.1 Å². The van der Waals surface area contributed by atoms with Gasteiger partial charge in [0.2, 0.25) is 6.33 Å². The maximum Gasteiger partial charge on any atom is 0.381 e. The van der Waals surface area contributed by atoms with Gasteiger partial charge in [-0.1, -0.05) is 12.8 Å². The molecule has 1 heterocycles. The Hall–Kier alpha value is -1.43. The smallest absolute Gasteiger partial charge is 0.381 e. The first-order valence-corrected chi connectivity index (χ1v) is 5.01. The Labute approximate surface area is 87.7 Å². The highest BCUT2D eigenvalue weighted by Crippen LogP contribution is 2.07. The molecule has 0 unspecified atom stereocenters. The van der Waals surface area contributed by atoms with Gasteiger partial charge in [0.05, 0.1) is 0 Å². The molecule has 0 saturated heterocycles. The van der Waals surface area contributed by atoms with Crippen LogP contribution < -0.4 is 0 Å². The zero-order chi connectivity index (χ0) is 11.1. The third kappa shape index (κ3) is 4.07. The summed E-state index contributed by atoms with van der Waals surface area (Å²) >= 11 is 0. The summed E-state index contributed by atoms with van der Waals surface area (Å²) in [6.45, 7) is 0.975. The van der Waals surface area contributed by atoms with Crippen LogP contribution in [-0.2, 0) is 6.54 Å². The Kier molecular flexibility index (Phi) is 4.76. The average Bonchev–Trinajstić information content (AvgIpc) is 2.66. The Morgan fingerprint density at radius 1 is 1.40 bits per heavy atom. The number of hydrogen-bond acceptors (Lipinski definition) is 4. The molecule has 0 spiro atoms. The van der Waals surface area contributed by atoms with Crippen LogP contribution in [0.4, 0.5) is 5.82 Å². The molecule has 0 radical (unpaired) electrons. The van der Waals surface area contributed by atoms with Crippen molar-refractivity contribution in [3.8, 4) is 0 Å². The zero-order valence-electron chi connectivity index (χ0n) is 8.50. The maximum absolute atomic E-state index is 10.3. The Balaban J connectivity index is 2.23. The van der Waals surface area contributed by atoms with Gasteiger partial charge < -0.3 is 19.8 Å². The van der Waals surface area contributed by atoms with Crippen LogP contribution in [0.15, 0.2) is 12.5 Å². The van der Waals surface area contributed by atoms with E-state index in [0.29, 0.717) is 0 Å². The maximum atomic E-state index is 10.3. The zero-order valence-corrected chi connectivity index (χ0v) is 8.50. The van der Waals surface area contributed by atoms with E-state index >= 15 is 0 Å². The molecule has 1 rings (SSSR count). The Morgan fingerprint density at radius 2 is 2.13 bits per heavy atom. The molecule has 0 bridgehead atoms. The summed E-state index contributed by atoms with van der Waals surface area (Å²) in [6, 6.07) is 0. The lowest BCUT2D eigenvalue weighted by atomic mass is 10.2. The van der Waals surface area contributed by atoms with Crippen LogP contribution in [-0.4, -0.2) is 26.2 Å². The highest BCUT2D eigenvalue weighted by atomic mass is 16.6. The molecule has 1 aromatic heterocycles. The lowest BCUT2D eigenvalue weighted by Gasteiger charge is -1.99. The van der Waals surface area contributed by atoms with Crippen molar-refractivity contribution in [2.24, 2.45) is 0 Å². The largest absolute Gasteiger partial charge is 0.396 e. The van der Waals surface area contributed by atoms with Crippen molar-refractivity contribution in [2.45, 2.75) is 32.2 Å². The second-order valence-electron chi connectivity index (χ2n) is 3.36. The van der Waals surface area contributed by atoms with Crippen molar-refractivity contribution in [3.63, 3.8) is 0 Å². The van der Waals surface area contributed by atoms with Gasteiger partial charge in [-0.05, 0) is 22.7 Å². The van der Waals surface area contributed by atoms with Crippen LogP contribution in [0.25, 0.3) is 0 Å². The Bertz CT molecular complexity index is 311. The predicted molar refractivity (Wildman–Crippen MR) is 54.4 cm³/mol. The van der Waals surface area contributed by atoms with E-state index < -0.39 is 4.92 Å². The van der Waals surface area contributed by atoms with Gasteiger partial charge in [0.15, 0.2) is 0 Å². The molecule has 0 fully saturated rings. The van der Waals surface area contributed by atoms with Crippen LogP contribution in [0.2, 0.25) is 0 Å². The molecular formula is C9H15N3O3. The second kappa shape index (κ2) is 6.13. The number of aliphatic hydroxyl groups is 1. The summed E-state index contributed by atoms with van der Waals surface area (Å²) in [5.41, 5.74) is 0. The number of aromatic nitrogens is 2. The summed E-state index contributed by atoms with van der Waals surface area (Å²) in [5.74, 6) is -0.106. The number of imidazole rings is 1. The van der Waals surface area contributed by atoms with Gasteiger partial charge in [-0.25, -0.2) is 0 Å². The molecular weight excluding hydrogens is 198 g/mol. The molecule has 0 atom stereocenters. The van der Waals surface area contributed by atoms with E-state index in [-0.39, 0.29) is 12.4 Å². The summed E-state index contributed by atoms with van der Waals surface area (Å²) < 4.78 is 1.72. The van der Waals surface area contributed by atoms with Gasteiger partial charge in [0.25, 0.3) is 0 Å². The van der Waals surface area contributed by atoms with Crippen molar-refractivity contribution in [2.75, 3.05) is 6.61 Å². The third-order valence-electron chi connectivity index (χ3n) is 2.13. The van der Waals surface area contributed by atoms with Crippen molar-refractivity contribution in [1.82, 2.24) is 9.55 Å². The van der Waals surface area contributed by atoms with Crippen molar-refractivity contribution in [3.05, 3.63) is 22.6 Å². The number of unbranched alkanes of at least 4 members (excludes halogenated alkanes) is 3. The Morgan fingerprint density at radius 3 is 2.73 bits per heavy atom. The molecule has 0 aliphatic carbocycles. The van der Waals surface area contributed by atoms with E-state index in [1.54, 1.807) is 4.57 Å². The first-order chi connectivity index (χ1) is 7.24. The minimum absolute atomic E-state index is 0.106. The van der Waals surface area contributed by atoms with E-state index in [0.717, 1.165) is 32.2 Å². The quantitative estimate of drug-likeness (QED) is 0.421. The number of hydrogen-bond donors (Lipinski definition) is 1. The lowest BCUT2D eigenvalue weighted by Crippen LogP contribution is -1.95. The van der Waals surface area contributed by atoms with Crippen LogP contribution in [0.5, 0.6) is 0 Å². The van der Waals surface area contributed by atoms with Gasteiger partial charge >= 0.3 is 5.82 Å². The first-order valence-electron chi connectivity index (χ1n) is 5.01.